The van der Waals surface area contributed by atoms with Crippen molar-refractivity contribution in [2.75, 3.05) is 6.54 Å². The van der Waals surface area contributed by atoms with Gasteiger partial charge in [0.05, 0.1) is 6.42 Å². The number of amides is 1. The molecule has 18 heavy (non-hydrogen) atoms. The van der Waals surface area contributed by atoms with Gasteiger partial charge >= 0.3 is 0 Å². The number of carbonyl (C=O) groups excluding carboxylic acids is 1. The van der Waals surface area contributed by atoms with Crippen molar-refractivity contribution in [2.45, 2.75) is 39.2 Å². The van der Waals surface area contributed by atoms with E-state index in [1.807, 2.05) is 13.8 Å². The predicted octanol–water partition coefficient (Wildman–Crippen LogP) is 1.70. The van der Waals surface area contributed by atoms with Crippen molar-refractivity contribution in [1.82, 2.24) is 5.32 Å². The largest absolute Gasteiger partial charge is 0.354 e. The van der Waals surface area contributed by atoms with E-state index in [1.165, 1.54) is 24.0 Å². The number of carbonyl (C=O) groups is 1. The van der Waals surface area contributed by atoms with Crippen molar-refractivity contribution in [3.63, 3.8) is 0 Å². The van der Waals surface area contributed by atoms with E-state index in [4.69, 9.17) is 5.73 Å². The summed E-state index contributed by atoms with van der Waals surface area (Å²) < 4.78 is 0. The fourth-order valence-electron chi connectivity index (χ4n) is 2.15. The van der Waals surface area contributed by atoms with E-state index in [9.17, 15) is 4.79 Å². The summed E-state index contributed by atoms with van der Waals surface area (Å²) in [6.45, 7) is 4.69. The zero-order chi connectivity index (χ0) is 13.1. The van der Waals surface area contributed by atoms with Crippen LogP contribution in [0.15, 0.2) is 18.2 Å². The van der Waals surface area contributed by atoms with Gasteiger partial charge in [0.25, 0.3) is 0 Å². The Morgan fingerprint density at radius 2 is 2.17 bits per heavy atom. The van der Waals surface area contributed by atoms with Crippen molar-refractivity contribution in [3.8, 4) is 0 Å². The Labute approximate surface area is 109 Å². The Morgan fingerprint density at radius 1 is 1.44 bits per heavy atom. The molecule has 0 unspecified atom stereocenters. The highest BCUT2D eigenvalue weighted by atomic mass is 16.1. The van der Waals surface area contributed by atoms with Crippen LogP contribution in [0.3, 0.4) is 0 Å². The lowest BCUT2D eigenvalue weighted by molar-refractivity contribution is -0.120. The maximum absolute atomic E-state index is 11.9. The average molecular weight is 246 g/mol. The lowest BCUT2D eigenvalue weighted by atomic mass is 10.0. The molecule has 0 radical (unpaired) electrons. The molecule has 0 aromatic heterocycles. The Morgan fingerprint density at radius 3 is 2.83 bits per heavy atom. The predicted molar refractivity (Wildman–Crippen MR) is 73.3 cm³/mol. The summed E-state index contributed by atoms with van der Waals surface area (Å²) in [7, 11) is 0. The molecule has 1 aromatic rings. The van der Waals surface area contributed by atoms with E-state index >= 15 is 0 Å². The topological polar surface area (TPSA) is 55.1 Å². The molecule has 0 spiro atoms. The Hall–Kier alpha value is -1.35. The van der Waals surface area contributed by atoms with Crippen molar-refractivity contribution in [1.29, 1.82) is 0 Å². The van der Waals surface area contributed by atoms with Gasteiger partial charge in [0, 0.05) is 12.6 Å². The monoisotopic (exact) mass is 246 g/mol. The molecule has 98 valence electrons. The third-order valence-electron chi connectivity index (χ3n) is 3.62. The molecule has 0 aliphatic heterocycles. The molecule has 1 aromatic carbocycles. The van der Waals surface area contributed by atoms with E-state index < -0.39 is 0 Å². The summed E-state index contributed by atoms with van der Waals surface area (Å²) in [6.07, 6.45) is 2.88. The molecule has 1 amide bonds. The zero-order valence-corrected chi connectivity index (χ0v) is 11.2. The molecule has 3 heteroatoms. The summed E-state index contributed by atoms with van der Waals surface area (Å²) >= 11 is 0. The van der Waals surface area contributed by atoms with Crippen LogP contribution in [0.5, 0.6) is 0 Å². The molecule has 1 atom stereocenters. The normalized spacial score (nSPS) is 16.4. The number of nitrogens with one attached hydrogen (secondary N) is 1. The first-order valence-corrected chi connectivity index (χ1v) is 6.64. The van der Waals surface area contributed by atoms with Crippen LogP contribution in [0.2, 0.25) is 0 Å². The van der Waals surface area contributed by atoms with E-state index in [-0.39, 0.29) is 11.9 Å². The van der Waals surface area contributed by atoms with Gasteiger partial charge in [0.1, 0.15) is 0 Å². The van der Waals surface area contributed by atoms with Crippen LogP contribution in [-0.2, 0) is 11.2 Å². The molecule has 0 bridgehead atoms. The highest BCUT2D eigenvalue weighted by molar-refractivity contribution is 5.79. The van der Waals surface area contributed by atoms with Crippen LogP contribution in [0.25, 0.3) is 0 Å². The van der Waals surface area contributed by atoms with Crippen molar-refractivity contribution >= 4 is 5.91 Å². The summed E-state index contributed by atoms with van der Waals surface area (Å²) in [5.74, 6) is 0.700. The Balaban J connectivity index is 1.84. The van der Waals surface area contributed by atoms with E-state index in [0.29, 0.717) is 18.9 Å². The molecule has 1 aliphatic carbocycles. The third-order valence-corrected chi connectivity index (χ3v) is 3.62. The summed E-state index contributed by atoms with van der Waals surface area (Å²) in [4.78, 5) is 11.9. The highest BCUT2D eigenvalue weighted by Gasteiger charge is 2.28. The van der Waals surface area contributed by atoms with E-state index in [1.54, 1.807) is 0 Å². The van der Waals surface area contributed by atoms with Gasteiger partial charge in [0.2, 0.25) is 5.91 Å². The number of benzene rings is 1. The van der Waals surface area contributed by atoms with Crippen LogP contribution in [0.4, 0.5) is 0 Å². The SMILES string of the molecule is Cc1ccc(C)c(CC(=O)NC[C@H](N)C2CC2)c1. The minimum absolute atomic E-state index is 0.0693. The Bertz CT molecular complexity index is 438. The number of hydrogen-bond acceptors (Lipinski definition) is 2. The maximum Gasteiger partial charge on any atom is 0.224 e. The van der Waals surface area contributed by atoms with Gasteiger partial charge in [-0.15, -0.1) is 0 Å². The van der Waals surface area contributed by atoms with Gasteiger partial charge in [-0.1, -0.05) is 23.8 Å². The van der Waals surface area contributed by atoms with Crippen LogP contribution in [-0.4, -0.2) is 18.5 Å². The quantitative estimate of drug-likeness (QED) is 0.831. The van der Waals surface area contributed by atoms with Gasteiger partial charge in [-0.2, -0.15) is 0 Å². The number of hydrogen-bond donors (Lipinski definition) is 2. The Kier molecular flexibility index (Phi) is 4.02. The van der Waals surface area contributed by atoms with E-state index in [2.05, 4.69) is 23.5 Å². The van der Waals surface area contributed by atoms with Crippen LogP contribution >= 0.6 is 0 Å². The van der Waals surface area contributed by atoms with Crippen molar-refractivity contribution < 1.29 is 4.79 Å². The second kappa shape index (κ2) is 5.53. The van der Waals surface area contributed by atoms with Gasteiger partial charge < -0.3 is 11.1 Å². The molecule has 1 saturated carbocycles. The van der Waals surface area contributed by atoms with Gasteiger partial charge in [0.15, 0.2) is 0 Å². The molecule has 0 heterocycles. The first kappa shape index (κ1) is 13.1. The van der Waals surface area contributed by atoms with Gasteiger partial charge in [-0.3, -0.25) is 4.79 Å². The number of nitrogens with two attached hydrogens (primary N) is 1. The van der Waals surface area contributed by atoms with Crippen molar-refractivity contribution in [2.24, 2.45) is 11.7 Å². The van der Waals surface area contributed by atoms with E-state index in [0.717, 1.165) is 5.56 Å². The third kappa shape index (κ3) is 3.57. The molecular weight excluding hydrogens is 224 g/mol. The molecule has 3 N–H and O–H groups in total. The lowest BCUT2D eigenvalue weighted by Gasteiger charge is -2.12. The molecule has 2 rings (SSSR count). The molecule has 1 aliphatic rings. The second-order valence-electron chi connectivity index (χ2n) is 5.41. The summed E-state index contributed by atoms with van der Waals surface area (Å²) in [5, 5.41) is 2.93. The van der Waals surface area contributed by atoms with Crippen LogP contribution in [0, 0.1) is 19.8 Å². The minimum atomic E-state index is 0.0693. The smallest absolute Gasteiger partial charge is 0.224 e. The standard InChI is InChI=1S/C15H22N2O/c1-10-3-4-11(2)13(7-10)8-15(18)17-9-14(16)12-5-6-12/h3-4,7,12,14H,5-6,8-9,16H2,1-2H3,(H,17,18)/t14-/m0/s1. The number of aryl methyl sites for hydroxylation is 2. The fourth-order valence-corrected chi connectivity index (χ4v) is 2.15. The first-order valence-electron chi connectivity index (χ1n) is 6.64. The molecular formula is C15H22N2O. The summed E-state index contributed by atoms with van der Waals surface area (Å²) in [5.41, 5.74) is 9.43. The molecule has 0 saturated heterocycles. The molecule has 1 fully saturated rings. The number of rotatable bonds is 5. The average Bonchev–Trinajstić information content (AvgIpc) is 3.15. The second-order valence-corrected chi connectivity index (χ2v) is 5.41. The van der Waals surface area contributed by atoms with Gasteiger partial charge in [-0.25, -0.2) is 0 Å². The molecule has 3 nitrogen and oxygen atoms in total. The van der Waals surface area contributed by atoms with Gasteiger partial charge in [-0.05, 0) is 43.7 Å². The summed E-state index contributed by atoms with van der Waals surface area (Å²) in [6, 6.07) is 6.34. The maximum atomic E-state index is 11.9. The minimum Gasteiger partial charge on any atom is -0.354 e. The lowest BCUT2D eigenvalue weighted by Crippen LogP contribution is -2.39. The highest BCUT2D eigenvalue weighted by Crippen LogP contribution is 2.31. The van der Waals surface area contributed by atoms with Crippen LogP contribution in [0.1, 0.15) is 29.5 Å². The zero-order valence-electron chi connectivity index (χ0n) is 11.2. The fraction of sp³-hybridized carbons (Fsp3) is 0.533. The van der Waals surface area contributed by atoms with Crippen molar-refractivity contribution in [3.05, 3.63) is 34.9 Å². The first-order chi connectivity index (χ1) is 8.56. The van der Waals surface area contributed by atoms with Crippen LogP contribution < -0.4 is 11.1 Å².